The average Bonchev–Trinajstić information content (AvgIpc) is 2.37. The van der Waals surface area contributed by atoms with Gasteiger partial charge in [-0.2, -0.15) is 0 Å². The Kier molecular flexibility index (Phi) is 3.46. The molecule has 98 valence electrons. The average molecular weight is 256 g/mol. The fourth-order valence-corrected chi connectivity index (χ4v) is 2.03. The molecule has 1 aromatic rings. The van der Waals surface area contributed by atoms with Crippen LogP contribution in [0.2, 0.25) is 0 Å². The Hall–Kier alpha value is -2.43. The van der Waals surface area contributed by atoms with Crippen LogP contribution in [0.25, 0.3) is 0 Å². The summed E-state index contributed by atoms with van der Waals surface area (Å²) in [5.74, 6) is -0.910. The number of aromatic nitrogens is 1. The third-order valence-corrected chi connectivity index (χ3v) is 2.99. The lowest BCUT2D eigenvalue weighted by molar-refractivity contribution is -0.114. The Balaban J connectivity index is 2.35. The Morgan fingerprint density at radius 1 is 1.53 bits per heavy atom. The summed E-state index contributed by atoms with van der Waals surface area (Å²) in [6, 6.07) is 3.59. The van der Waals surface area contributed by atoms with E-state index in [0.717, 1.165) is 11.3 Å². The van der Waals surface area contributed by atoms with Crippen molar-refractivity contribution in [1.82, 2.24) is 9.88 Å². The van der Waals surface area contributed by atoms with Gasteiger partial charge in [-0.15, -0.1) is 0 Å². The van der Waals surface area contributed by atoms with E-state index in [1.165, 1.54) is 0 Å². The maximum Gasteiger partial charge on any atom is 0.247 e. The van der Waals surface area contributed by atoms with Crippen LogP contribution in [0.15, 0.2) is 42.4 Å². The van der Waals surface area contributed by atoms with Gasteiger partial charge in [0.05, 0.1) is 11.6 Å². The minimum atomic E-state index is -0.503. The first kappa shape index (κ1) is 13.0. The fourth-order valence-electron chi connectivity index (χ4n) is 2.03. The molecule has 1 atom stereocenters. The topological polar surface area (TPSA) is 83.1 Å². The molecular weight excluding hydrogens is 240 g/mol. The number of hydrogen-bond acceptors (Lipinski definition) is 4. The number of amides is 1. The zero-order valence-electron chi connectivity index (χ0n) is 10.9. The highest BCUT2D eigenvalue weighted by atomic mass is 16.1. The highest BCUT2D eigenvalue weighted by molar-refractivity contribution is 6.08. The second kappa shape index (κ2) is 5.06. The number of rotatable bonds is 3. The second-order valence-corrected chi connectivity index (χ2v) is 4.53. The maximum atomic E-state index is 11.5. The van der Waals surface area contributed by atoms with Crippen molar-refractivity contribution >= 4 is 11.6 Å². The van der Waals surface area contributed by atoms with Crippen molar-refractivity contribution in [1.29, 1.82) is 5.41 Å². The lowest BCUT2D eigenvalue weighted by Gasteiger charge is -2.23. The van der Waals surface area contributed by atoms with Crippen LogP contribution in [0.1, 0.15) is 11.3 Å². The summed E-state index contributed by atoms with van der Waals surface area (Å²) in [5.41, 5.74) is 7.74. The van der Waals surface area contributed by atoms with E-state index in [4.69, 9.17) is 11.1 Å². The number of nitrogens with one attached hydrogen (secondary N) is 1. The smallest absolute Gasteiger partial charge is 0.247 e. The molecule has 0 bridgehead atoms. The van der Waals surface area contributed by atoms with Gasteiger partial charge in [0.25, 0.3) is 0 Å². The minimum absolute atomic E-state index is 0.347. The third-order valence-electron chi connectivity index (χ3n) is 2.99. The number of carbonyl (C=O) groups excluding carboxylic acids is 1. The van der Waals surface area contributed by atoms with Gasteiger partial charge in [0.2, 0.25) is 5.91 Å². The number of aryl methyl sites for hydroxylation is 1. The summed E-state index contributed by atoms with van der Waals surface area (Å²) in [4.78, 5) is 17.4. The van der Waals surface area contributed by atoms with E-state index in [1.54, 1.807) is 29.4 Å². The van der Waals surface area contributed by atoms with Crippen molar-refractivity contribution in [2.24, 2.45) is 11.7 Å². The van der Waals surface area contributed by atoms with E-state index >= 15 is 0 Å². The maximum absolute atomic E-state index is 11.5. The summed E-state index contributed by atoms with van der Waals surface area (Å²) in [5, 5.41) is 8.26. The van der Waals surface area contributed by atoms with Crippen molar-refractivity contribution in [3.05, 3.63) is 53.6 Å². The van der Waals surface area contributed by atoms with Crippen LogP contribution in [0.5, 0.6) is 0 Å². The van der Waals surface area contributed by atoms with Crippen LogP contribution in [0, 0.1) is 18.3 Å². The Morgan fingerprint density at radius 3 is 2.89 bits per heavy atom. The Bertz CT molecular complexity index is 589. The van der Waals surface area contributed by atoms with Gasteiger partial charge in [-0.1, -0.05) is 6.08 Å². The highest BCUT2D eigenvalue weighted by Crippen LogP contribution is 2.23. The van der Waals surface area contributed by atoms with Gasteiger partial charge >= 0.3 is 0 Å². The molecule has 5 nitrogen and oxygen atoms in total. The number of hydrogen-bond donors (Lipinski definition) is 2. The van der Waals surface area contributed by atoms with E-state index in [9.17, 15) is 4.79 Å². The van der Waals surface area contributed by atoms with Gasteiger partial charge in [-0.3, -0.25) is 9.78 Å². The lowest BCUT2D eigenvalue weighted by atomic mass is 9.88. The zero-order valence-corrected chi connectivity index (χ0v) is 10.9. The van der Waals surface area contributed by atoms with Gasteiger partial charge in [0, 0.05) is 36.9 Å². The van der Waals surface area contributed by atoms with Crippen LogP contribution in [-0.2, 0) is 4.79 Å². The van der Waals surface area contributed by atoms with E-state index < -0.39 is 11.8 Å². The number of allylic oxidation sites excluding steroid dienone is 1. The molecule has 1 unspecified atom stereocenters. The van der Waals surface area contributed by atoms with E-state index in [1.807, 2.05) is 26.2 Å². The molecular formula is C14H16N4O. The molecule has 2 rings (SSSR count). The molecule has 0 saturated heterocycles. The van der Waals surface area contributed by atoms with Gasteiger partial charge in [-0.25, -0.2) is 0 Å². The zero-order chi connectivity index (χ0) is 14.0. The van der Waals surface area contributed by atoms with Crippen LogP contribution in [0.4, 0.5) is 0 Å². The molecule has 1 amide bonds. The highest BCUT2D eigenvalue weighted by Gasteiger charge is 2.25. The summed E-state index contributed by atoms with van der Waals surface area (Å²) < 4.78 is 0. The summed E-state index contributed by atoms with van der Waals surface area (Å²) in [7, 11) is 1.82. The molecule has 0 saturated carbocycles. The molecule has 0 radical (unpaired) electrons. The number of primary amides is 1. The number of pyridine rings is 1. The predicted molar refractivity (Wildman–Crippen MR) is 73.5 cm³/mol. The molecule has 0 aromatic carbocycles. The quantitative estimate of drug-likeness (QED) is 0.797. The second-order valence-electron chi connectivity index (χ2n) is 4.53. The van der Waals surface area contributed by atoms with Gasteiger partial charge < -0.3 is 16.0 Å². The van der Waals surface area contributed by atoms with Crippen molar-refractivity contribution in [2.75, 3.05) is 7.05 Å². The van der Waals surface area contributed by atoms with Crippen LogP contribution in [-0.4, -0.2) is 28.6 Å². The van der Waals surface area contributed by atoms with Crippen molar-refractivity contribution in [3.63, 3.8) is 0 Å². The number of nitrogens with zero attached hydrogens (tertiary/aromatic N) is 2. The standard InChI is InChI=1S/C14H16N4O/c1-9-7-10(3-5-17-9)13(15)11-4-6-18(2)8-12(11)14(16)19/h3-8,11,15H,1-2H3,(H2,16,19). The number of carbonyl (C=O) groups is 1. The first-order valence-corrected chi connectivity index (χ1v) is 5.92. The SMILES string of the molecule is Cc1cc(C(=N)C2C=CN(C)C=C2C(N)=O)ccn1. The molecule has 2 heterocycles. The molecule has 3 N–H and O–H groups in total. The van der Waals surface area contributed by atoms with E-state index in [0.29, 0.717) is 11.3 Å². The Morgan fingerprint density at radius 2 is 2.26 bits per heavy atom. The lowest BCUT2D eigenvalue weighted by Crippen LogP contribution is -2.29. The molecule has 0 aliphatic carbocycles. The largest absolute Gasteiger partial charge is 0.366 e. The molecule has 0 fully saturated rings. The van der Waals surface area contributed by atoms with Crippen LogP contribution >= 0.6 is 0 Å². The predicted octanol–water partition coefficient (Wildman–Crippen LogP) is 1.20. The molecule has 0 spiro atoms. The van der Waals surface area contributed by atoms with E-state index in [-0.39, 0.29) is 0 Å². The van der Waals surface area contributed by atoms with Crippen molar-refractivity contribution < 1.29 is 4.79 Å². The Labute approximate surface area is 111 Å². The molecule has 5 heteroatoms. The van der Waals surface area contributed by atoms with Gasteiger partial charge in [0.15, 0.2) is 0 Å². The number of nitrogens with two attached hydrogens (primary N) is 1. The van der Waals surface area contributed by atoms with Crippen LogP contribution in [0.3, 0.4) is 0 Å². The fraction of sp³-hybridized carbons (Fsp3) is 0.214. The summed E-state index contributed by atoms with van der Waals surface area (Å²) >= 11 is 0. The first-order valence-electron chi connectivity index (χ1n) is 5.92. The molecule has 1 aliphatic rings. The first-order chi connectivity index (χ1) is 8.99. The van der Waals surface area contributed by atoms with Crippen molar-refractivity contribution in [2.45, 2.75) is 6.92 Å². The molecule has 1 aliphatic heterocycles. The van der Waals surface area contributed by atoms with E-state index in [2.05, 4.69) is 4.98 Å². The minimum Gasteiger partial charge on any atom is -0.366 e. The summed E-state index contributed by atoms with van der Waals surface area (Å²) in [6.45, 7) is 1.87. The van der Waals surface area contributed by atoms with Gasteiger partial charge in [-0.05, 0) is 24.6 Å². The molecule has 19 heavy (non-hydrogen) atoms. The monoisotopic (exact) mass is 256 g/mol. The van der Waals surface area contributed by atoms with Crippen molar-refractivity contribution in [3.8, 4) is 0 Å². The normalized spacial score (nSPS) is 18.1. The van der Waals surface area contributed by atoms with Crippen LogP contribution < -0.4 is 5.73 Å². The van der Waals surface area contributed by atoms with Gasteiger partial charge in [0.1, 0.15) is 0 Å². The third kappa shape index (κ3) is 2.70. The molecule has 1 aromatic heterocycles. The summed E-state index contributed by atoms with van der Waals surface area (Å²) in [6.07, 6.45) is 6.94.